The van der Waals surface area contributed by atoms with E-state index in [-0.39, 0.29) is 11.4 Å². The molecular weight excluding hydrogens is 384 g/mol. The summed E-state index contributed by atoms with van der Waals surface area (Å²) >= 11 is 0. The summed E-state index contributed by atoms with van der Waals surface area (Å²) < 4.78 is 11.1. The lowest BCUT2D eigenvalue weighted by Gasteiger charge is -2.26. The van der Waals surface area contributed by atoms with Gasteiger partial charge in [-0.2, -0.15) is 0 Å². The lowest BCUT2D eigenvalue weighted by molar-refractivity contribution is -0.149. The molecule has 2 N–H and O–H groups in total. The van der Waals surface area contributed by atoms with Crippen molar-refractivity contribution in [2.45, 2.75) is 53.1 Å². The summed E-state index contributed by atoms with van der Waals surface area (Å²) in [4.78, 5) is 25.6. The van der Waals surface area contributed by atoms with Crippen LogP contribution in [0, 0.1) is 11.3 Å². The molecule has 1 aromatic rings. The number of amides is 2. The largest absolute Gasteiger partial charge is 0.492 e. The summed E-state index contributed by atoms with van der Waals surface area (Å²) in [6.07, 6.45) is 1.84. The van der Waals surface area contributed by atoms with Gasteiger partial charge in [-0.3, -0.25) is 0 Å². The number of nitrogens with zero attached hydrogens (tertiary/aromatic N) is 1. The molecule has 1 saturated carbocycles. The number of carboxylic acids is 1. The first-order chi connectivity index (χ1) is 14.2. The fraction of sp³-hybridized carbons (Fsp3) is 0.652. The Balaban J connectivity index is 1.82. The van der Waals surface area contributed by atoms with Gasteiger partial charge < -0.3 is 24.8 Å². The number of carbonyl (C=O) groups is 2. The van der Waals surface area contributed by atoms with Gasteiger partial charge in [-0.05, 0) is 48.8 Å². The predicted molar refractivity (Wildman–Crippen MR) is 116 cm³/mol. The van der Waals surface area contributed by atoms with Crippen LogP contribution in [-0.4, -0.2) is 61.0 Å². The first-order valence-corrected chi connectivity index (χ1v) is 10.8. The minimum absolute atomic E-state index is 0.0357. The van der Waals surface area contributed by atoms with Gasteiger partial charge in [0.15, 0.2) is 6.10 Å². The summed E-state index contributed by atoms with van der Waals surface area (Å²) in [6, 6.07) is 7.31. The van der Waals surface area contributed by atoms with Crippen LogP contribution < -0.4 is 10.1 Å². The second-order valence-corrected chi connectivity index (χ2v) is 9.09. The van der Waals surface area contributed by atoms with E-state index in [1.807, 2.05) is 29.2 Å². The Morgan fingerprint density at radius 3 is 2.43 bits per heavy atom. The lowest BCUT2D eigenvalue weighted by Crippen LogP contribution is -2.45. The molecule has 0 bridgehead atoms. The first-order valence-electron chi connectivity index (χ1n) is 10.8. The van der Waals surface area contributed by atoms with Crippen molar-refractivity contribution in [2.75, 3.05) is 32.8 Å². The number of hydrogen-bond acceptors (Lipinski definition) is 4. The van der Waals surface area contributed by atoms with Crippen molar-refractivity contribution in [3.63, 3.8) is 0 Å². The quantitative estimate of drug-likeness (QED) is 0.540. The number of carboxylic acid groups (broad SMARTS) is 1. The average molecular weight is 421 g/mol. The van der Waals surface area contributed by atoms with Gasteiger partial charge in [0.05, 0.1) is 6.54 Å². The average Bonchev–Trinajstić information content (AvgIpc) is 3.49. The zero-order valence-corrected chi connectivity index (χ0v) is 18.6. The number of urea groups is 1. The maximum Gasteiger partial charge on any atom is 0.333 e. The van der Waals surface area contributed by atoms with Gasteiger partial charge in [0.1, 0.15) is 12.4 Å². The van der Waals surface area contributed by atoms with E-state index in [0.717, 1.165) is 12.1 Å². The van der Waals surface area contributed by atoms with Gasteiger partial charge in [0, 0.05) is 26.1 Å². The van der Waals surface area contributed by atoms with Crippen LogP contribution in [0.4, 0.5) is 4.79 Å². The molecule has 0 aliphatic heterocycles. The molecule has 1 atom stereocenters. The Labute approximate surface area is 179 Å². The van der Waals surface area contributed by atoms with Crippen LogP contribution in [0.5, 0.6) is 5.75 Å². The number of nitrogens with one attached hydrogen (secondary N) is 1. The third-order valence-corrected chi connectivity index (χ3v) is 4.85. The van der Waals surface area contributed by atoms with Gasteiger partial charge in [-0.15, -0.1) is 0 Å². The molecule has 1 aromatic carbocycles. The van der Waals surface area contributed by atoms with E-state index < -0.39 is 12.1 Å². The maximum atomic E-state index is 12.6. The van der Waals surface area contributed by atoms with Crippen LogP contribution in [0.3, 0.4) is 0 Å². The monoisotopic (exact) mass is 420 g/mol. The van der Waals surface area contributed by atoms with E-state index in [0.29, 0.717) is 44.4 Å². The number of rotatable bonds is 12. The Kier molecular flexibility index (Phi) is 8.96. The zero-order chi connectivity index (χ0) is 22.1. The summed E-state index contributed by atoms with van der Waals surface area (Å²) in [5, 5.41) is 12.2. The van der Waals surface area contributed by atoms with Crippen LogP contribution >= 0.6 is 0 Å². The Morgan fingerprint density at radius 2 is 1.90 bits per heavy atom. The van der Waals surface area contributed by atoms with Crippen LogP contribution in [0.25, 0.3) is 0 Å². The predicted octanol–water partition coefficient (Wildman–Crippen LogP) is 3.57. The third-order valence-electron chi connectivity index (χ3n) is 4.85. The molecule has 2 amide bonds. The molecule has 2 rings (SSSR count). The number of aliphatic carboxylic acids is 1. The summed E-state index contributed by atoms with van der Waals surface area (Å²) in [5.74, 6) is 0.346. The van der Waals surface area contributed by atoms with Crippen molar-refractivity contribution in [3.05, 3.63) is 29.8 Å². The fourth-order valence-corrected chi connectivity index (χ4v) is 2.97. The van der Waals surface area contributed by atoms with Crippen molar-refractivity contribution in [1.82, 2.24) is 10.2 Å². The van der Waals surface area contributed by atoms with E-state index in [2.05, 4.69) is 26.1 Å². The zero-order valence-electron chi connectivity index (χ0n) is 18.6. The summed E-state index contributed by atoms with van der Waals surface area (Å²) in [7, 11) is 0. The second-order valence-electron chi connectivity index (χ2n) is 9.09. The molecule has 1 aliphatic rings. The summed E-state index contributed by atoms with van der Waals surface area (Å²) in [6.45, 7) is 10.8. The smallest absolute Gasteiger partial charge is 0.333 e. The normalized spacial score (nSPS) is 14.8. The van der Waals surface area contributed by atoms with Gasteiger partial charge in [-0.25, -0.2) is 9.59 Å². The maximum absolute atomic E-state index is 12.6. The van der Waals surface area contributed by atoms with Gasteiger partial charge in [0.2, 0.25) is 0 Å². The topological polar surface area (TPSA) is 88.1 Å². The first kappa shape index (κ1) is 24.0. The van der Waals surface area contributed by atoms with Crippen LogP contribution in [0.1, 0.15) is 46.1 Å². The van der Waals surface area contributed by atoms with E-state index in [1.54, 1.807) is 6.92 Å². The highest BCUT2D eigenvalue weighted by molar-refractivity contribution is 5.74. The molecule has 0 radical (unpaired) electrons. The summed E-state index contributed by atoms with van der Waals surface area (Å²) in [5.41, 5.74) is 0.918. The number of carbonyl (C=O) groups excluding carboxylic acids is 1. The minimum atomic E-state index is -0.960. The standard InChI is InChI=1S/C23H36N2O5/c1-5-29-20(21(26)27)14-17-8-10-19(11-9-17)30-13-12-25(15-18-6-7-18)22(28)24-16-23(2,3)4/h8-11,18,20H,5-7,12-16H2,1-4H3,(H,24,28)(H,26,27). The van der Waals surface area contributed by atoms with E-state index in [9.17, 15) is 14.7 Å². The van der Waals surface area contributed by atoms with Gasteiger partial charge in [0.25, 0.3) is 0 Å². The molecule has 7 nitrogen and oxygen atoms in total. The second kappa shape index (κ2) is 11.2. The molecule has 0 aromatic heterocycles. The van der Waals surface area contributed by atoms with E-state index >= 15 is 0 Å². The third kappa shape index (κ3) is 9.03. The Bertz CT molecular complexity index is 680. The van der Waals surface area contributed by atoms with Crippen molar-refractivity contribution >= 4 is 12.0 Å². The lowest BCUT2D eigenvalue weighted by atomic mass is 9.97. The van der Waals surface area contributed by atoms with E-state index in [4.69, 9.17) is 9.47 Å². The molecule has 0 spiro atoms. The fourth-order valence-electron chi connectivity index (χ4n) is 2.97. The molecule has 0 heterocycles. The Morgan fingerprint density at radius 1 is 1.23 bits per heavy atom. The van der Waals surface area contributed by atoms with Crippen molar-refractivity contribution in [3.8, 4) is 5.75 Å². The highest BCUT2D eigenvalue weighted by Gasteiger charge is 2.27. The highest BCUT2D eigenvalue weighted by Crippen LogP contribution is 2.29. The highest BCUT2D eigenvalue weighted by atomic mass is 16.5. The molecule has 168 valence electrons. The number of hydrogen-bond donors (Lipinski definition) is 2. The molecule has 1 aliphatic carbocycles. The van der Waals surface area contributed by atoms with Crippen molar-refractivity contribution < 1.29 is 24.2 Å². The number of ether oxygens (including phenoxy) is 2. The van der Waals surface area contributed by atoms with Crippen LogP contribution in [0.15, 0.2) is 24.3 Å². The molecule has 1 fully saturated rings. The molecular formula is C23H36N2O5. The Hall–Kier alpha value is -2.28. The van der Waals surface area contributed by atoms with Gasteiger partial charge in [-0.1, -0.05) is 32.9 Å². The molecule has 0 saturated heterocycles. The van der Waals surface area contributed by atoms with E-state index in [1.165, 1.54) is 12.8 Å². The molecule has 30 heavy (non-hydrogen) atoms. The molecule has 7 heteroatoms. The number of benzene rings is 1. The SMILES string of the molecule is CCOC(Cc1ccc(OCCN(CC2CC2)C(=O)NCC(C)(C)C)cc1)C(=O)O. The van der Waals surface area contributed by atoms with Crippen molar-refractivity contribution in [2.24, 2.45) is 11.3 Å². The van der Waals surface area contributed by atoms with Crippen LogP contribution in [-0.2, 0) is 16.0 Å². The minimum Gasteiger partial charge on any atom is -0.492 e. The molecule has 1 unspecified atom stereocenters. The van der Waals surface area contributed by atoms with Gasteiger partial charge >= 0.3 is 12.0 Å². The van der Waals surface area contributed by atoms with Crippen LogP contribution in [0.2, 0.25) is 0 Å². The van der Waals surface area contributed by atoms with Crippen molar-refractivity contribution in [1.29, 1.82) is 0 Å².